The number of ketones is 1. The molecule has 1 aromatic rings. The van der Waals surface area contributed by atoms with Crippen molar-refractivity contribution in [1.29, 1.82) is 0 Å². The molecule has 160 valence electrons. The van der Waals surface area contributed by atoms with Gasteiger partial charge in [-0.15, -0.1) is 0 Å². The first-order chi connectivity index (χ1) is 14.1. The topological polar surface area (TPSA) is 105 Å². The molecule has 8 heteroatoms. The molecule has 3 amide bonds. The van der Waals surface area contributed by atoms with Gasteiger partial charge < -0.3 is 20.3 Å². The number of hydrogen-bond donors (Lipinski definition) is 2. The number of carbonyl (C=O) groups excluding carboxylic acids is 4. The van der Waals surface area contributed by atoms with Gasteiger partial charge in [-0.25, -0.2) is 0 Å². The lowest BCUT2D eigenvalue weighted by Gasteiger charge is -2.35. The fourth-order valence-corrected chi connectivity index (χ4v) is 4.50. The Balaban J connectivity index is 1.56. The Bertz CT molecular complexity index is 935. The van der Waals surface area contributed by atoms with Gasteiger partial charge in [-0.2, -0.15) is 0 Å². The molecular formula is C22H27N3O5. The van der Waals surface area contributed by atoms with E-state index in [0.717, 1.165) is 5.56 Å². The molecule has 3 aliphatic heterocycles. The van der Waals surface area contributed by atoms with E-state index in [0.29, 0.717) is 24.2 Å². The number of amides is 3. The first kappa shape index (κ1) is 20.5. The average Bonchev–Trinajstić information content (AvgIpc) is 3.32. The summed E-state index contributed by atoms with van der Waals surface area (Å²) < 4.78 is 5.58. The van der Waals surface area contributed by atoms with Crippen LogP contribution in [0.2, 0.25) is 0 Å². The van der Waals surface area contributed by atoms with Crippen LogP contribution < -0.4 is 10.6 Å². The summed E-state index contributed by atoms with van der Waals surface area (Å²) in [6.07, 6.45) is 0.0182. The summed E-state index contributed by atoms with van der Waals surface area (Å²) in [5.41, 5.74) is 1.26. The van der Waals surface area contributed by atoms with Crippen molar-refractivity contribution in [3.05, 3.63) is 29.3 Å². The van der Waals surface area contributed by atoms with Gasteiger partial charge in [0, 0.05) is 23.7 Å². The second kappa shape index (κ2) is 7.19. The zero-order chi connectivity index (χ0) is 21.8. The zero-order valence-electron chi connectivity index (χ0n) is 17.7. The Hall–Kier alpha value is -2.74. The molecule has 2 fully saturated rings. The minimum absolute atomic E-state index is 0.0246. The first-order valence-electron chi connectivity index (χ1n) is 10.2. The van der Waals surface area contributed by atoms with E-state index in [4.69, 9.17) is 4.74 Å². The Morgan fingerprint density at radius 1 is 1.27 bits per heavy atom. The van der Waals surface area contributed by atoms with E-state index < -0.39 is 23.4 Å². The molecule has 2 saturated heterocycles. The van der Waals surface area contributed by atoms with Crippen molar-refractivity contribution in [1.82, 2.24) is 10.2 Å². The molecular weight excluding hydrogens is 386 g/mol. The van der Waals surface area contributed by atoms with Gasteiger partial charge in [0.15, 0.2) is 5.78 Å². The van der Waals surface area contributed by atoms with Crippen molar-refractivity contribution in [2.75, 3.05) is 18.5 Å². The number of Topliss-reactive ketones (excluding diaryl/α,β-unsaturated/α-hetero) is 1. The van der Waals surface area contributed by atoms with E-state index in [1.165, 1.54) is 0 Å². The van der Waals surface area contributed by atoms with Crippen molar-refractivity contribution < 1.29 is 23.9 Å². The van der Waals surface area contributed by atoms with Crippen LogP contribution >= 0.6 is 0 Å². The normalized spacial score (nSPS) is 26.3. The summed E-state index contributed by atoms with van der Waals surface area (Å²) in [6, 6.07) is 3.64. The molecule has 3 aliphatic rings. The predicted molar refractivity (Wildman–Crippen MR) is 109 cm³/mol. The quantitative estimate of drug-likeness (QED) is 0.773. The monoisotopic (exact) mass is 413 g/mol. The lowest BCUT2D eigenvalue weighted by Crippen LogP contribution is -2.57. The molecule has 3 heterocycles. The van der Waals surface area contributed by atoms with E-state index in [-0.39, 0.29) is 36.2 Å². The van der Waals surface area contributed by atoms with Crippen LogP contribution in [0.4, 0.5) is 5.69 Å². The molecule has 4 atom stereocenters. The highest BCUT2D eigenvalue weighted by atomic mass is 16.5. The Morgan fingerprint density at radius 2 is 2.00 bits per heavy atom. The van der Waals surface area contributed by atoms with Crippen LogP contribution in [0.3, 0.4) is 0 Å². The fourth-order valence-electron chi connectivity index (χ4n) is 4.50. The molecule has 0 bridgehead atoms. The van der Waals surface area contributed by atoms with Gasteiger partial charge in [-0.05, 0) is 23.1 Å². The van der Waals surface area contributed by atoms with Crippen LogP contribution in [0.1, 0.15) is 43.6 Å². The van der Waals surface area contributed by atoms with Crippen molar-refractivity contribution in [2.45, 2.75) is 52.3 Å². The van der Waals surface area contributed by atoms with E-state index in [2.05, 4.69) is 10.6 Å². The van der Waals surface area contributed by atoms with Gasteiger partial charge in [-0.3, -0.25) is 19.2 Å². The Labute approximate surface area is 175 Å². The lowest BCUT2D eigenvalue weighted by molar-refractivity contribution is -0.140. The lowest BCUT2D eigenvalue weighted by atomic mass is 9.85. The number of hydrogen-bond acceptors (Lipinski definition) is 5. The van der Waals surface area contributed by atoms with Crippen molar-refractivity contribution in [2.24, 2.45) is 11.3 Å². The third kappa shape index (κ3) is 3.49. The molecule has 2 N–H and O–H groups in total. The molecule has 1 aromatic carbocycles. The van der Waals surface area contributed by atoms with Crippen molar-refractivity contribution >= 4 is 29.2 Å². The number of anilines is 1. The molecule has 0 radical (unpaired) electrons. The van der Waals surface area contributed by atoms with Gasteiger partial charge >= 0.3 is 0 Å². The highest BCUT2D eigenvalue weighted by Crippen LogP contribution is 2.34. The molecule has 0 saturated carbocycles. The number of nitrogens with zero attached hydrogens (tertiary/aromatic N) is 1. The SMILES string of the molecule is C[C@H]1CN(C(=O)[C@@H](NC(=O)c2ccc3c(c2)NC(=O)C3)C(C)(C)C)[C@@H]2C(=O)CO[C@@H]21. The number of ether oxygens (including phenoxy) is 1. The third-order valence-electron chi connectivity index (χ3n) is 6.11. The van der Waals surface area contributed by atoms with Gasteiger partial charge in [0.1, 0.15) is 18.7 Å². The maximum Gasteiger partial charge on any atom is 0.252 e. The summed E-state index contributed by atoms with van der Waals surface area (Å²) in [5, 5.41) is 5.60. The number of benzene rings is 1. The van der Waals surface area contributed by atoms with Crippen LogP contribution in [-0.2, 0) is 25.5 Å². The number of rotatable bonds is 3. The van der Waals surface area contributed by atoms with Crippen LogP contribution in [0, 0.1) is 11.3 Å². The minimum atomic E-state index is -0.813. The second-order valence-electron chi connectivity index (χ2n) is 9.52. The number of carbonyl (C=O) groups is 4. The first-order valence-corrected chi connectivity index (χ1v) is 10.2. The Kier molecular flexibility index (Phi) is 4.92. The molecule has 30 heavy (non-hydrogen) atoms. The van der Waals surface area contributed by atoms with Crippen LogP contribution in [-0.4, -0.2) is 59.7 Å². The van der Waals surface area contributed by atoms with Gasteiger partial charge in [0.05, 0.1) is 12.5 Å². The highest BCUT2D eigenvalue weighted by Gasteiger charge is 2.52. The van der Waals surface area contributed by atoms with Crippen molar-refractivity contribution in [3.63, 3.8) is 0 Å². The summed E-state index contributed by atoms with van der Waals surface area (Å²) in [5.74, 6) is -0.812. The summed E-state index contributed by atoms with van der Waals surface area (Å²) in [7, 11) is 0. The maximum absolute atomic E-state index is 13.5. The number of fused-ring (bicyclic) bond motifs is 2. The van der Waals surface area contributed by atoms with Gasteiger partial charge in [0.2, 0.25) is 11.8 Å². The van der Waals surface area contributed by atoms with Crippen LogP contribution in [0.5, 0.6) is 0 Å². The summed E-state index contributed by atoms with van der Waals surface area (Å²) in [4.78, 5) is 51.9. The molecule has 4 rings (SSSR count). The van der Waals surface area contributed by atoms with E-state index in [1.807, 2.05) is 27.7 Å². The van der Waals surface area contributed by atoms with E-state index in [1.54, 1.807) is 23.1 Å². The average molecular weight is 413 g/mol. The van der Waals surface area contributed by atoms with Gasteiger partial charge in [0.25, 0.3) is 5.91 Å². The summed E-state index contributed by atoms with van der Waals surface area (Å²) >= 11 is 0. The molecule has 8 nitrogen and oxygen atoms in total. The maximum atomic E-state index is 13.5. The fraction of sp³-hybridized carbons (Fsp3) is 0.545. The molecule has 0 aromatic heterocycles. The second-order valence-corrected chi connectivity index (χ2v) is 9.52. The third-order valence-corrected chi connectivity index (χ3v) is 6.11. The van der Waals surface area contributed by atoms with Gasteiger partial charge in [-0.1, -0.05) is 33.8 Å². The van der Waals surface area contributed by atoms with E-state index >= 15 is 0 Å². The smallest absolute Gasteiger partial charge is 0.252 e. The highest BCUT2D eigenvalue weighted by molar-refractivity contribution is 6.03. The Morgan fingerprint density at radius 3 is 2.70 bits per heavy atom. The standard InChI is InChI=1S/C22H27N3O5/c1-11-9-25(17-15(26)10-30-18(11)17)21(29)19(22(2,3)4)24-20(28)13-6-5-12-8-16(27)23-14(12)7-13/h5-7,11,17-19H,8-10H2,1-4H3,(H,23,27)(H,24,28)/t11-,17+,18+,19+/m0/s1. The zero-order valence-corrected chi connectivity index (χ0v) is 17.7. The van der Waals surface area contributed by atoms with Crippen LogP contribution in [0.25, 0.3) is 0 Å². The molecule has 0 aliphatic carbocycles. The van der Waals surface area contributed by atoms with E-state index in [9.17, 15) is 19.2 Å². The summed E-state index contributed by atoms with van der Waals surface area (Å²) in [6.45, 7) is 8.05. The largest absolute Gasteiger partial charge is 0.367 e. The van der Waals surface area contributed by atoms with Crippen molar-refractivity contribution in [3.8, 4) is 0 Å². The molecule has 0 unspecified atom stereocenters. The number of nitrogens with one attached hydrogen (secondary N) is 2. The van der Waals surface area contributed by atoms with Crippen LogP contribution in [0.15, 0.2) is 18.2 Å². The minimum Gasteiger partial charge on any atom is -0.367 e. The molecule has 0 spiro atoms. The predicted octanol–water partition coefficient (Wildman–Crippen LogP) is 1.14. The number of likely N-dealkylation sites (tertiary alicyclic amines) is 1.